The molecule has 3 aromatic rings. The number of thiophene rings is 1. The third kappa shape index (κ3) is 9.86. The average molecular weight is 594 g/mol. The molecular formula is C31H39N5O5S. The predicted octanol–water partition coefficient (Wildman–Crippen LogP) is 6.10. The van der Waals surface area contributed by atoms with Gasteiger partial charge in [0.1, 0.15) is 5.60 Å². The fraction of sp³-hybridized carbons (Fsp3) is 0.387. The Morgan fingerprint density at radius 3 is 2.29 bits per heavy atom. The summed E-state index contributed by atoms with van der Waals surface area (Å²) in [6.07, 6.45) is 0.236. The zero-order valence-electron chi connectivity index (χ0n) is 24.4. The third-order valence-corrected chi connectivity index (χ3v) is 7.15. The average Bonchev–Trinajstić information content (AvgIpc) is 3.46. The molecular weight excluding hydrogens is 554 g/mol. The molecule has 0 unspecified atom stereocenters. The highest BCUT2D eigenvalue weighted by Crippen LogP contribution is 2.23. The number of benzene rings is 2. The first kappa shape index (κ1) is 31.0. The lowest BCUT2D eigenvalue weighted by atomic mass is 10.1. The van der Waals surface area contributed by atoms with Gasteiger partial charge in [-0.15, -0.1) is 0 Å². The van der Waals surface area contributed by atoms with Crippen molar-refractivity contribution in [2.24, 2.45) is 0 Å². The van der Waals surface area contributed by atoms with Gasteiger partial charge in [-0.3, -0.25) is 15.0 Å². The summed E-state index contributed by atoms with van der Waals surface area (Å²) >= 11 is 1.53. The maximum Gasteiger partial charge on any atom is 0.412 e. The molecule has 1 aliphatic heterocycles. The number of amides is 4. The van der Waals surface area contributed by atoms with E-state index in [1.807, 2.05) is 29.0 Å². The normalized spacial score (nSPS) is 13.7. The fourth-order valence-electron chi connectivity index (χ4n) is 4.39. The van der Waals surface area contributed by atoms with E-state index in [-0.39, 0.29) is 11.9 Å². The number of para-hydroxylation sites is 2. The molecule has 0 radical (unpaired) electrons. The van der Waals surface area contributed by atoms with Gasteiger partial charge in [0.05, 0.1) is 30.3 Å². The Bertz CT molecular complexity index is 1320. The number of nitrogens with zero attached hydrogens (tertiary/aromatic N) is 2. The van der Waals surface area contributed by atoms with Gasteiger partial charge in [-0.05, 0) is 68.5 Å². The predicted molar refractivity (Wildman–Crippen MR) is 166 cm³/mol. The number of urea groups is 1. The molecule has 4 rings (SSSR count). The largest absolute Gasteiger partial charge is 0.444 e. The molecule has 0 aliphatic carbocycles. The molecule has 1 saturated heterocycles. The third-order valence-electron chi connectivity index (χ3n) is 6.47. The van der Waals surface area contributed by atoms with Crippen molar-refractivity contribution in [3.63, 3.8) is 0 Å². The highest BCUT2D eigenvalue weighted by Gasteiger charge is 2.19. The van der Waals surface area contributed by atoms with Crippen molar-refractivity contribution in [1.29, 1.82) is 0 Å². The minimum Gasteiger partial charge on any atom is -0.444 e. The molecule has 10 nitrogen and oxygen atoms in total. The van der Waals surface area contributed by atoms with Gasteiger partial charge in [0.15, 0.2) is 0 Å². The van der Waals surface area contributed by atoms with E-state index in [1.54, 1.807) is 62.1 Å². The van der Waals surface area contributed by atoms with Crippen LogP contribution in [0.1, 0.15) is 43.1 Å². The minimum atomic E-state index is -0.646. The van der Waals surface area contributed by atoms with Crippen LogP contribution in [-0.2, 0) is 16.0 Å². The van der Waals surface area contributed by atoms with E-state index in [9.17, 15) is 14.4 Å². The van der Waals surface area contributed by atoms with E-state index < -0.39 is 11.7 Å². The van der Waals surface area contributed by atoms with Crippen LogP contribution in [0.15, 0.2) is 65.4 Å². The molecule has 0 spiro atoms. The van der Waals surface area contributed by atoms with Gasteiger partial charge in [-0.25, -0.2) is 9.59 Å². The van der Waals surface area contributed by atoms with Gasteiger partial charge in [-0.2, -0.15) is 11.3 Å². The minimum absolute atomic E-state index is 0.161. The second kappa shape index (κ2) is 14.8. The summed E-state index contributed by atoms with van der Waals surface area (Å²) in [5.74, 6) is -0.322. The molecule has 42 heavy (non-hydrogen) atoms. The summed E-state index contributed by atoms with van der Waals surface area (Å²) in [6, 6.07) is 15.8. The van der Waals surface area contributed by atoms with E-state index >= 15 is 0 Å². The topological polar surface area (TPSA) is 112 Å². The SMILES string of the molecule is CC(C)(C)OC(=O)Nc1ccccc1NC(=O)c1ccc(CN(CCCN2CCOCC2)C(=O)Nc2ccsc2)cc1. The quantitative estimate of drug-likeness (QED) is 0.262. The summed E-state index contributed by atoms with van der Waals surface area (Å²) in [5, 5.41) is 12.4. The number of rotatable bonds is 10. The zero-order chi connectivity index (χ0) is 30.0. The van der Waals surface area contributed by atoms with Crippen LogP contribution in [0.25, 0.3) is 0 Å². The molecule has 1 aromatic heterocycles. The molecule has 0 bridgehead atoms. The Hall–Kier alpha value is -3.93. The van der Waals surface area contributed by atoms with Crippen molar-refractivity contribution in [3.8, 4) is 0 Å². The standard InChI is InChI=1S/C31H39N5O5S/c1-31(2,3)41-30(39)34-27-8-5-4-7-26(27)33-28(37)24-11-9-23(10-12-24)21-36(29(38)32-25-13-20-42-22-25)15-6-14-35-16-18-40-19-17-35/h4-5,7-13,20,22H,6,14-19,21H2,1-3H3,(H,32,38)(H,33,37)(H,34,39). The Morgan fingerprint density at radius 1 is 0.952 bits per heavy atom. The summed E-state index contributed by atoms with van der Waals surface area (Å²) < 4.78 is 10.8. The van der Waals surface area contributed by atoms with Crippen LogP contribution in [0.4, 0.5) is 26.7 Å². The van der Waals surface area contributed by atoms with Crippen LogP contribution >= 0.6 is 11.3 Å². The number of ether oxygens (including phenoxy) is 2. The lowest BCUT2D eigenvalue weighted by Gasteiger charge is -2.28. The Kier molecular flexibility index (Phi) is 10.9. The van der Waals surface area contributed by atoms with Crippen LogP contribution in [0.5, 0.6) is 0 Å². The van der Waals surface area contributed by atoms with Gasteiger partial charge in [0.25, 0.3) is 5.91 Å². The van der Waals surface area contributed by atoms with Crippen molar-refractivity contribution < 1.29 is 23.9 Å². The molecule has 11 heteroatoms. The van der Waals surface area contributed by atoms with Crippen molar-refractivity contribution in [3.05, 3.63) is 76.5 Å². The number of morpholine rings is 1. The van der Waals surface area contributed by atoms with Gasteiger partial charge >= 0.3 is 12.1 Å². The van der Waals surface area contributed by atoms with Crippen LogP contribution in [0, 0.1) is 0 Å². The summed E-state index contributed by atoms with van der Waals surface area (Å²) in [4.78, 5) is 42.6. The second-order valence-electron chi connectivity index (χ2n) is 11.0. The van der Waals surface area contributed by atoms with Gasteiger partial charge in [0, 0.05) is 43.7 Å². The number of carbonyl (C=O) groups excluding carboxylic acids is 3. The van der Waals surface area contributed by atoms with Crippen molar-refractivity contribution >= 4 is 46.4 Å². The number of carbonyl (C=O) groups is 3. The number of nitrogens with one attached hydrogen (secondary N) is 3. The highest BCUT2D eigenvalue weighted by atomic mass is 32.1. The van der Waals surface area contributed by atoms with Crippen molar-refractivity contribution in [1.82, 2.24) is 9.80 Å². The van der Waals surface area contributed by atoms with E-state index in [2.05, 4.69) is 20.9 Å². The molecule has 3 N–H and O–H groups in total. The molecule has 1 fully saturated rings. The first-order valence-electron chi connectivity index (χ1n) is 14.0. The first-order valence-corrected chi connectivity index (χ1v) is 15.0. The van der Waals surface area contributed by atoms with Gasteiger partial charge in [0.2, 0.25) is 0 Å². The van der Waals surface area contributed by atoms with Crippen molar-refractivity contribution in [2.45, 2.75) is 39.3 Å². The second-order valence-corrected chi connectivity index (χ2v) is 11.8. The summed E-state index contributed by atoms with van der Waals surface area (Å²) in [5.41, 5.74) is 2.37. The van der Waals surface area contributed by atoms with Gasteiger partial charge in [-0.1, -0.05) is 24.3 Å². The maximum absolute atomic E-state index is 13.1. The summed E-state index contributed by atoms with van der Waals surface area (Å²) in [7, 11) is 0. The molecule has 4 amide bonds. The maximum atomic E-state index is 13.1. The highest BCUT2D eigenvalue weighted by molar-refractivity contribution is 7.08. The van der Waals surface area contributed by atoms with E-state index in [1.165, 1.54) is 11.3 Å². The summed E-state index contributed by atoms with van der Waals surface area (Å²) in [6.45, 7) is 10.6. The van der Waals surface area contributed by atoms with Crippen molar-refractivity contribution in [2.75, 3.05) is 55.3 Å². The molecule has 2 heterocycles. The van der Waals surface area contributed by atoms with E-state index in [0.717, 1.165) is 50.5 Å². The monoisotopic (exact) mass is 593 g/mol. The number of hydrogen-bond acceptors (Lipinski definition) is 7. The van der Waals surface area contributed by atoms with Crippen LogP contribution in [0.2, 0.25) is 0 Å². The lowest BCUT2D eigenvalue weighted by Crippen LogP contribution is -2.40. The molecule has 224 valence electrons. The van der Waals surface area contributed by atoms with Gasteiger partial charge < -0.3 is 25.0 Å². The molecule has 1 aliphatic rings. The fourth-order valence-corrected chi connectivity index (χ4v) is 4.98. The molecule has 0 saturated carbocycles. The molecule has 2 aromatic carbocycles. The first-order chi connectivity index (χ1) is 20.2. The van der Waals surface area contributed by atoms with Crippen LogP contribution in [0.3, 0.4) is 0 Å². The van der Waals surface area contributed by atoms with Crippen LogP contribution in [-0.4, -0.2) is 72.8 Å². The molecule has 0 atom stereocenters. The Balaban J connectivity index is 1.37. The smallest absolute Gasteiger partial charge is 0.412 e. The van der Waals surface area contributed by atoms with Crippen LogP contribution < -0.4 is 16.0 Å². The zero-order valence-corrected chi connectivity index (χ0v) is 25.2. The number of hydrogen-bond donors (Lipinski definition) is 3. The van der Waals surface area contributed by atoms with E-state index in [0.29, 0.717) is 30.0 Å². The number of anilines is 3. The Morgan fingerprint density at radius 2 is 1.64 bits per heavy atom. The van der Waals surface area contributed by atoms with E-state index in [4.69, 9.17) is 9.47 Å². The lowest BCUT2D eigenvalue weighted by molar-refractivity contribution is 0.0365. The Labute approximate surface area is 251 Å².